The van der Waals surface area contributed by atoms with E-state index in [1.807, 2.05) is 18.2 Å². The Bertz CT molecular complexity index is 440. The van der Waals surface area contributed by atoms with Crippen molar-refractivity contribution in [1.82, 2.24) is 4.90 Å². The van der Waals surface area contributed by atoms with Crippen LogP contribution >= 0.6 is 0 Å². The molecule has 18 heavy (non-hydrogen) atoms. The summed E-state index contributed by atoms with van der Waals surface area (Å²) in [5.41, 5.74) is 1.12. The molecule has 0 bridgehead atoms. The summed E-state index contributed by atoms with van der Waals surface area (Å²) in [4.78, 5) is 13.9. The predicted molar refractivity (Wildman–Crippen MR) is 71.7 cm³/mol. The molecule has 1 aliphatic heterocycles. The van der Waals surface area contributed by atoms with E-state index in [4.69, 9.17) is 4.74 Å². The standard InChI is InChI=1S/C15H21NO2/c1-15(2)10-13(17)8-9-16(15)11-12-6-4-5-7-14(12)18-3/h4-7H,8-11H2,1-3H3. The molecular formula is C15H21NO2. The lowest BCUT2D eigenvalue weighted by molar-refractivity contribution is -0.125. The van der Waals surface area contributed by atoms with Crippen molar-refractivity contribution < 1.29 is 9.53 Å². The third-order valence-corrected chi connectivity index (χ3v) is 3.70. The Kier molecular flexibility index (Phi) is 3.71. The molecule has 1 fully saturated rings. The number of benzene rings is 1. The van der Waals surface area contributed by atoms with Gasteiger partial charge in [-0.3, -0.25) is 9.69 Å². The van der Waals surface area contributed by atoms with Crippen molar-refractivity contribution in [3.63, 3.8) is 0 Å². The number of nitrogens with zero attached hydrogens (tertiary/aromatic N) is 1. The van der Waals surface area contributed by atoms with Gasteiger partial charge in [-0.2, -0.15) is 0 Å². The van der Waals surface area contributed by atoms with Gasteiger partial charge in [0.05, 0.1) is 7.11 Å². The Balaban J connectivity index is 2.15. The average Bonchev–Trinajstić information content (AvgIpc) is 2.32. The SMILES string of the molecule is COc1ccccc1CN1CCC(=O)CC1(C)C. The van der Waals surface area contributed by atoms with Gasteiger partial charge in [-0.15, -0.1) is 0 Å². The average molecular weight is 247 g/mol. The van der Waals surface area contributed by atoms with Crippen molar-refractivity contribution in [2.24, 2.45) is 0 Å². The number of carbonyl (C=O) groups is 1. The van der Waals surface area contributed by atoms with Gasteiger partial charge in [0, 0.05) is 37.0 Å². The van der Waals surface area contributed by atoms with E-state index in [2.05, 4.69) is 24.8 Å². The highest BCUT2D eigenvalue weighted by Gasteiger charge is 2.33. The van der Waals surface area contributed by atoms with E-state index in [9.17, 15) is 4.79 Å². The van der Waals surface area contributed by atoms with Crippen LogP contribution in [0, 0.1) is 0 Å². The van der Waals surface area contributed by atoms with Gasteiger partial charge in [-0.25, -0.2) is 0 Å². The molecule has 3 heteroatoms. The van der Waals surface area contributed by atoms with Crippen LogP contribution in [0.15, 0.2) is 24.3 Å². The lowest BCUT2D eigenvalue weighted by atomic mass is 9.89. The summed E-state index contributed by atoms with van der Waals surface area (Å²) in [7, 11) is 1.70. The third-order valence-electron chi connectivity index (χ3n) is 3.70. The topological polar surface area (TPSA) is 29.5 Å². The molecule has 0 aromatic heterocycles. The van der Waals surface area contributed by atoms with Crippen LogP contribution in [0.3, 0.4) is 0 Å². The molecule has 0 radical (unpaired) electrons. The summed E-state index contributed by atoms with van der Waals surface area (Å²) in [6, 6.07) is 8.08. The second kappa shape index (κ2) is 5.11. The van der Waals surface area contributed by atoms with E-state index in [0.29, 0.717) is 18.6 Å². The van der Waals surface area contributed by atoms with Crippen molar-refractivity contribution in [3.8, 4) is 5.75 Å². The molecule has 1 heterocycles. The summed E-state index contributed by atoms with van der Waals surface area (Å²) in [6.45, 7) is 5.95. The number of piperidine rings is 1. The zero-order chi connectivity index (χ0) is 13.2. The van der Waals surface area contributed by atoms with Gasteiger partial charge in [0.1, 0.15) is 11.5 Å². The number of hydrogen-bond donors (Lipinski definition) is 0. The van der Waals surface area contributed by atoms with E-state index >= 15 is 0 Å². The van der Waals surface area contributed by atoms with Gasteiger partial charge >= 0.3 is 0 Å². The van der Waals surface area contributed by atoms with E-state index in [-0.39, 0.29) is 5.54 Å². The first-order chi connectivity index (χ1) is 8.53. The number of rotatable bonds is 3. The Morgan fingerprint density at radius 3 is 2.72 bits per heavy atom. The van der Waals surface area contributed by atoms with Gasteiger partial charge in [-0.05, 0) is 19.9 Å². The molecule has 0 N–H and O–H groups in total. The second-order valence-electron chi connectivity index (χ2n) is 5.51. The van der Waals surface area contributed by atoms with Crippen molar-refractivity contribution in [2.75, 3.05) is 13.7 Å². The van der Waals surface area contributed by atoms with Gasteiger partial charge in [0.2, 0.25) is 0 Å². The summed E-state index contributed by atoms with van der Waals surface area (Å²) in [5, 5.41) is 0. The summed E-state index contributed by atoms with van der Waals surface area (Å²) in [6.07, 6.45) is 1.31. The smallest absolute Gasteiger partial charge is 0.136 e. The summed E-state index contributed by atoms with van der Waals surface area (Å²) < 4.78 is 5.38. The first-order valence-corrected chi connectivity index (χ1v) is 6.41. The molecule has 0 spiro atoms. The number of Topliss-reactive ketones (excluding diaryl/α,β-unsaturated/α-hetero) is 1. The molecule has 0 unspecified atom stereocenters. The quantitative estimate of drug-likeness (QED) is 0.822. The number of carbonyl (C=O) groups excluding carboxylic acids is 1. The first kappa shape index (κ1) is 13.1. The molecule has 2 rings (SSSR count). The van der Waals surface area contributed by atoms with Crippen molar-refractivity contribution in [2.45, 2.75) is 38.8 Å². The van der Waals surface area contributed by atoms with E-state index in [1.54, 1.807) is 7.11 Å². The number of ketones is 1. The molecule has 3 nitrogen and oxygen atoms in total. The third kappa shape index (κ3) is 2.72. The van der Waals surface area contributed by atoms with E-state index in [0.717, 1.165) is 18.8 Å². The molecule has 0 amide bonds. The molecule has 1 saturated heterocycles. The van der Waals surface area contributed by atoms with Gasteiger partial charge in [0.25, 0.3) is 0 Å². The Morgan fingerprint density at radius 2 is 2.06 bits per heavy atom. The van der Waals surface area contributed by atoms with Crippen LogP contribution in [0.2, 0.25) is 0 Å². The van der Waals surface area contributed by atoms with E-state index in [1.165, 1.54) is 5.56 Å². The van der Waals surface area contributed by atoms with Crippen LogP contribution < -0.4 is 4.74 Å². The van der Waals surface area contributed by atoms with Crippen LogP contribution in [-0.4, -0.2) is 29.9 Å². The highest BCUT2D eigenvalue weighted by molar-refractivity contribution is 5.80. The maximum Gasteiger partial charge on any atom is 0.136 e. The van der Waals surface area contributed by atoms with Crippen LogP contribution in [0.4, 0.5) is 0 Å². The van der Waals surface area contributed by atoms with Crippen LogP contribution in [-0.2, 0) is 11.3 Å². The molecule has 0 saturated carbocycles. The fraction of sp³-hybridized carbons (Fsp3) is 0.533. The van der Waals surface area contributed by atoms with Crippen LogP contribution in [0.1, 0.15) is 32.3 Å². The normalized spacial score (nSPS) is 19.8. The largest absolute Gasteiger partial charge is 0.496 e. The van der Waals surface area contributed by atoms with Gasteiger partial charge in [-0.1, -0.05) is 18.2 Å². The fourth-order valence-corrected chi connectivity index (χ4v) is 2.58. The minimum Gasteiger partial charge on any atom is -0.496 e. The lowest BCUT2D eigenvalue weighted by Gasteiger charge is -2.41. The summed E-state index contributed by atoms with van der Waals surface area (Å²) >= 11 is 0. The summed E-state index contributed by atoms with van der Waals surface area (Å²) in [5.74, 6) is 1.29. The van der Waals surface area contributed by atoms with Crippen LogP contribution in [0.5, 0.6) is 5.75 Å². The Morgan fingerprint density at radius 1 is 1.33 bits per heavy atom. The molecule has 1 aliphatic rings. The highest BCUT2D eigenvalue weighted by atomic mass is 16.5. The maximum atomic E-state index is 11.5. The number of para-hydroxylation sites is 1. The Labute approximate surface area is 109 Å². The fourth-order valence-electron chi connectivity index (χ4n) is 2.58. The van der Waals surface area contributed by atoms with Gasteiger partial charge < -0.3 is 4.74 Å². The molecule has 0 atom stereocenters. The number of likely N-dealkylation sites (tertiary alicyclic amines) is 1. The maximum absolute atomic E-state index is 11.5. The molecular weight excluding hydrogens is 226 g/mol. The van der Waals surface area contributed by atoms with Crippen molar-refractivity contribution in [3.05, 3.63) is 29.8 Å². The minimum atomic E-state index is -0.0593. The number of ether oxygens (including phenoxy) is 1. The predicted octanol–water partition coefficient (Wildman–Crippen LogP) is 2.64. The zero-order valence-electron chi connectivity index (χ0n) is 11.4. The lowest BCUT2D eigenvalue weighted by Crippen LogP contribution is -2.49. The number of hydrogen-bond acceptors (Lipinski definition) is 3. The monoisotopic (exact) mass is 247 g/mol. The first-order valence-electron chi connectivity index (χ1n) is 6.41. The van der Waals surface area contributed by atoms with Crippen molar-refractivity contribution >= 4 is 5.78 Å². The minimum absolute atomic E-state index is 0.0593. The molecule has 0 aliphatic carbocycles. The highest BCUT2D eigenvalue weighted by Crippen LogP contribution is 2.29. The van der Waals surface area contributed by atoms with Crippen molar-refractivity contribution in [1.29, 1.82) is 0 Å². The molecule has 1 aromatic rings. The molecule has 98 valence electrons. The second-order valence-corrected chi connectivity index (χ2v) is 5.51. The zero-order valence-corrected chi connectivity index (χ0v) is 11.4. The molecule has 1 aromatic carbocycles. The Hall–Kier alpha value is -1.35. The van der Waals surface area contributed by atoms with Crippen LogP contribution in [0.25, 0.3) is 0 Å². The van der Waals surface area contributed by atoms with Gasteiger partial charge in [0.15, 0.2) is 0 Å². The van der Waals surface area contributed by atoms with E-state index < -0.39 is 0 Å². The number of methoxy groups -OCH3 is 1.